The van der Waals surface area contributed by atoms with E-state index in [2.05, 4.69) is 46.9 Å². The zero-order chi connectivity index (χ0) is 25.9. The summed E-state index contributed by atoms with van der Waals surface area (Å²) in [5.41, 5.74) is 0. The molecule has 0 aromatic heterocycles. The second kappa shape index (κ2) is 27.7. The molecular weight excluding hydrogens is 445 g/mol. The molecule has 0 saturated carbocycles. The predicted molar refractivity (Wildman–Crippen MR) is 149 cm³/mol. The number of phosphoric acid groups is 1. The molecule has 0 saturated heterocycles. The SMILES string of the molecule is CCCCC(CC)COP(=O)(O)OCC(CC)CCCC.CCCCCCCCNCCCC. The predicted octanol–water partition coefficient (Wildman–Crippen LogP) is 9.29. The Balaban J connectivity index is 0. The lowest BCUT2D eigenvalue weighted by Crippen LogP contribution is -2.16. The van der Waals surface area contributed by atoms with Crippen LogP contribution in [0.4, 0.5) is 0 Å². The fourth-order valence-corrected chi connectivity index (χ4v) is 4.56. The lowest BCUT2D eigenvalue weighted by atomic mass is 10.0. The highest BCUT2D eigenvalue weighted by atomic mass is 31.2. The molecule has 0 aromatic rings. The third-order valence-corrected chi connectivity index (χ3v) is 7.40. The Kier molecular flexibility index (Phi) is 29.5. The molecule has 34 heavy (non-hydrogen) atoms. The summed E-state index contributed by atoms with van der Waals surface area (Å²) >= 11 is 0. The molecule has 0 fully saturated rings. The van der Waals surface area contributed by atoms with Gasteiger partial charge in [-0.2, -0.15) is 0 Å². The Morgan fingerprint density at radius 1 is 0.618 bits per heavy atom. The summed E-state index contributed by atoms with van der Waals surface area (Å²) in [6.07, 6.45) is 19.6. The minimum Gasteiger partial charge on any atom is -0.317 e. The van der Waals surface area contributed by atoms with Gasteiger partial charge in [0.2, 0.25) is 0 Å². The Morgan fingerprint density at radius 3 is 1.47 bits per heavy atom. The number of unbranched alkanes of at least 4 members (excludes halogenated alkanes) is 8. The van der Waals surface area contributed by atoms with Gasteiger partial charge in [-0.05, 0) is 50.6 Å². The van der Waals surface area contributed by atoms with Crippen LogP contribution in [0, 0.1) is 11.8 Å². The van der Waals surface area contributed by atoms with Crippen LogP contribution in [0.5, 0.6) is 0 Å². The van der Waals surface area contributed by atoms with E-state index in [0.717, 1.165) is 51.4 Å². The maximum Gasteiger partial charge on any atom is 0.472 e. The maximum absolute atomic E-state index is 11.9. The van der Waals surface area contributed by atoms with Gasteiger partial charge >= 0.3 is 7.82 Å². The molecule has 2 atom stereocenters. The number of hydrogen-bond donors (Lipinski definition) is 2. The molecular formula is C28H62NO4P. The first kappa shape index (κ1) is 36.2. The summed E-state index contributed by atoms with van der Waals surface area (Å²) in [7, 11) is -3.89. The van der Waals surface area contributed by atoms with Crippen LogP contribution in [0.15, 0.2) is 0 Å². The minimum absolute atomic E-state index is 0.316. The van der Waals surface area contributed by atoms with Gasteiger partial charge in [-0.1, -0.05) is 119 Å². The van der Waals surface area contributed by atoms with Gasteiger partial charge in [-0.15, -0.1) is 0 Å². The fourth-order valence-electron chi connectivity index (χ4n) is 3.69. The quantitative estimate of drug-likeness (QED) is 0.101. The number of rotatable bonds is 24. The van der Waals surface area contributed by atoms with Crippen LogP contribution < -0.4 is 5.32 Å². The van der Waals surface area contributed by atoms with E-state index in [0.29, 0.717) is 25.0 Å². The van der Waals surface area contributed by atoms with E-state index in [-0.39, 0.29) is 0 Å². The van der Waals surface area contributed by atoms with Gasteiger partial charge in [0.15, 0.2) is 0 Å². The zero-order valence-electron chi connectivity index (χ0n) is 23.9. The lowest BCUT2D eigenvalue weighted by molar-refractivity contribution is 0.110. The number of phosphoric ester groups is 1. The average molecular weight is 508 g/mol. The van der Waals surface area contributed by atoms with Gasteiger partial charge in [0.05, 0.1) is 13.2 Å². The van der Waals surface area contributed by atoms with Crippen LogP contribution in [0.1, 0.15) is 144 Å². The van der Waals surface area contributed by atoms with Crippen molar-refractivity contribution >= 4 is 7.82 Å². The Labute approximate surface area is 214 Å². The Bertz CT molecular complexity index is 403. The molecule has 6 heteroatoms. The highest BCUT2D eigenvalue weighted by Crippen LogP contribution is 2.44. The normalized spacial score (nSPS) is 14.8. The molecule has 0 bridgehead atoms. The molecule has 0 amide bonds. The molecule has 0 aliphatic rings. The van der Waals surface area contributed by atoms with Crippen molar-refractivity contribution in [2.24, 2.45) is 11.8 Å². The second-order valence-electron chi connectivity index (χ2n) is 9.76. The molecule has 0 aliphatic carbocycles. The van der Waals surface area contributed by atoms with E-state index in [1.165, 1.54) is 64.5 Å². The van der Waals surface area contributed by atoms with Crippen molar-refractivity contribution in [2.75, 3.05) is 26.3 Å². The van der Waals surface area contributed by atoms with E-state index in [1.807, 2.05) is 0 Å². The topological polar surface area (TPSA) is 67.8 Å². The second-order valence-corrected chi connectivity index (χ2v) is 11.2. The van der Waals surface area contributed by atoms with Gasteiger partial charge in [0.1, 0.15) is 0 Å². The molecule has 2 unspecified atom stereocenters. The third-order valence-electron chi connectivity index (χ3n) is 6.45. The van der Waals surface area contributed by atoms with Crippen molar-refractivity contribution < 1.29 is 18.5 Å². The minimum atomic E-state index is -3.89. The van der Waals surface area contributed by atoms with Crippen LogP contribution in [0.2, 0.25) is 0 Å². The van der Waals surface area contributed by atoms with Gasteiger partial charge < -0.3 is 10.2 Å². The molecule has 2 N–H and O–H groups in total. The first-order valence-electron chi connectivity index (χ1n) is 14.7. The first-order chi connectivity index (χ1) is 16.4. The first-order valence-corrected chi connectivity index (χ1v) is 16.2. The van der Waals surface area contributed by atoms with Crippen molar-refractivity contribution in [3.8, 4) is 0 Å². The summed E-state index contributed by atoms with van der Waals surface area (Å²) in [6, 6.07) is 0. The van der Waals surface area contributed by atoms with Crippen LogP contribution in [-0.2, 0) is 13.6 Å². The molecule has 0 heterocycles. The number of nitrogens with one attached hydrogen (secondary N) is 1. The maximum atomic E-state index is 11.9. The Hall–Kier alpha value is 0.0700. The van der Waals surface area contributed by atoms with Crippen molar-refractivity contribution in [3.63, 3.8) is 0 Å². The lowest BCUT2D eigenvalue weighted by Gasteiger charge is -2.20. The van der Waals surface area contributed by atoms with Crippen LogP contribution in [0.25, 0.3) is 0 Å². The van der Waals surface area contributed by atoms with Crippen molar-refractivity contribution in [1.29, 1.82) is 0 Å². The van der Waals surface area contributed by atoms with Gasteiger partial charge in [-0.25, -0.2) is 4.57 Å². The smallest absolute Gasteiger partial charge is 0.317 e. The fraction of sp³-hybridized carbons (Fsp3) is 1.00. The third kappa shape index (κ3) is 26.7. The molecule has 0 aromatic carbocycles. The van der Waals surface area contributed by atoms with Crippen molar-refractivity contribution in [1.82, 2.24) is 5.32 Å². The molecule has 5 nitrogen and oxygen atoms in total. The van der Waals surface area contributed by atoms with Crippen molar-refractivity contribution in [3.05, 3.63) is 0 Å². The highest BCUT2D eigenvalue weighted by Gasteiger charge is 2.24. The summed E-state index contributed by atoms with van der Waals surface area (Å²) in [5.74, 6) is 0.687. The van der Waals surface area contributed by atoms with Crippen molar-refractivity contribution in [2.45, 2.75) is 144 Å². The largest absolute Gasteiger partial charge is 0.472 e. The molecule has 208 valence electrons. The standard InChI is InChI=1S/C16H35O4P.C12H27N/c1-5-9-11-15(7-3)13-19-21(17,18)20-14-16(8-4)12-10-6-2;1-3-5-7-8-9-10-12-13-11-6-4-2/h15-16H,5-14H2,1-4H3,(H,17,18);13H,3-12H2,1-2H3. The zero-order valence-corrected chi connectivity index (χ0v) is 24.8. The molecule has 0 radical (unpaired) electrons. The monoisotopic (exact) mass is 507 g/mol. The molecule has 0 rings (SSSR count). The van der Waals surface area contributed by atoms with Crippen LogP contribution in [-0.4, -0.2) is 31.2 Å². The Morgan fingerprint density at radius 2 is 1.03 bits per heavy atom. The summed E-state index contributed by atoms with van der Waals surface area (Å²) in [6.45, 7) is 16.1. The highest BCUT2D eigenvalue weighted by molar-refractivity contribution is 7.47. The van der Waals surface area contributed by atoms with E-state index in [1.54, 1.807) is 0 Å². The van der Waals surface area contributed by atoms with E-state index in [9.17, 15) is 9.46 Å². The summed E-state index contributed by atoms with van der Waals surface area (Å²) in [4.78, 5) is 9.77. The van der Waals surface area contributed by atoms with Crippen LogP contribution in [0.3, 0.4) is 0 Å². The van der Waals surface area contributed by atoms with Gasteiger partial charge in [-0.3, -0.25) is 9.05 Å². The average Bonchev–Trinajstić information content (AvgIpc) is 2.83. The summed E-state index contributed by atoms with van der Waals surface area (Å²) in [5, 5.41) is 3.48. The number of hydrogen-bond acceptors (Lipinski definition) is 4. The van der Waals surface area contributed by atoms with Gasteiger partial charge in [0, 0.05) is 0 Å². The van der Waals surface area contributed by atoms with Crippen LogP contribution >= 0.6 is 7.82 Å². The van der Waals surface area contributed by atoms with E-state index < -0.39 is 7.82 Å². The molecule has 0 spiro atoms. The molecule has 0 aliphatic heterocycles. The summed E-state index contributed by atoms with van der Waals surface area (Å²) < 4.78 is 22.2. The van der Waals surface area contributed by atoms with Gasteiger partial charge in [0.25, 0.3) is 0 Å². The van der Waals surface area contributed by atoms with E-state index in [4.69, 9.17) is 9.05 Å². The van der Waals surface area contributed by atoms with E-state index >= 15 is 0 Å².